The van der Waals surface area contributed by atoms with Gasteiger partial charge in [0, 0.05) is 15.0 Å². The third-order valence-electron chi connectivity index (χ3n) is 2.47. The van der Waals surface area contributed by atoms with E-state index in [2.05, 4.69) is 46.7 Å². The first kappa shape index (κ1) is 15.6. The van der Waals surface area contributed by atoms with Gasteiger partial charge in [0.05, 0.1) is 11.4 Å². The maximum Gasteiger partial charge on any atom is 0.241 e. The van der Waals surface area contributed by atoms with Crippen LogP contribution in [0.3, 0.4) is 0 Å². The van der Waals surface area contributed by atoms with Crippen molar-refractivity contribution >= 4 is 41.9 Å². The second kappa shape index (κ2) is 6.33. The lowest BCUT2D eigenvalue weighted by Gasteiger charge is -2.15. The fourth-order valence-corrected chi connectivity index (χ4v) is 4.65. The van der Waals surface area contributed by atoms with E-state index < -0.39 is 10.0 Å². The molecule has 1 heterocycles. The van der Waals surface area contributed by atoms with Gasteiger partial charge < -0.3 is 0 Å². The third kappa shape index (κ3) is 3.87. The quantitative estimate of drug-likeness (QED) is 0.799. The molecule has 2 aromatic rings. The SMILES string of the molecule is CC(Cn1cncn1)NS(=O)(=O)c1ccc(Br)cc1Br. The molecule has 0 aliphatic heterocycles. The van der Waals surface area contributed by atoms with E-state index in [1.807, 2.05) is 0 Å². The number of hydrogen-bond acceptors (Lipinski definition) is 4. The lowest BCUT2D eigenvalue weighted by Crippen LogP contribution is -2.36. The van der Waals surface area contributed by atoms with Gasteiger partial charge in [0.2, 0.25) is 10.0 Å². The number of halogens is 2. The molecule has 0 aliphatic carbocycles. The average molecular weight is 424 g/mol. The van der Waals surface area contributed by atoms with E-state index in [-0.39, 0.29) is 10.9 Å². The molecule has 0 saturated carbocycles. The van der Waals surface area contributed by atoms with Gasteiger partial charge in [0.15, 0.2) is 0 Å². The van der Waals surface area contributed by atoms with Crippen molar-refractivity contribution < 1.29 is 8.42 Å². The summed E-state index contributed by atoms with van der Waals surface area (Å²) in [6.45, 7) is 2.18. The van der Waals surface area contributed by atoms with Gasteiger partial charge >= 0.3 is 0 Å². The number of rotatable bonds is 5. The number of sulfonamides is 1. The molecular weight excluding hydrogens is 412 g/mol. The van der Waals surface area contributed by atoms with Crippen LogP contribution in [0.2, 0.25) is 0 Å². The van der Waals surface area contributed by atoms with Crippen molar-refractivity contribution in [2.24, 2.45) is 0 Å². The van der Waals surface area contributed by atoms with Crippen LogP contribution in [0.15, 0.2) is 44.7 Å². The monoisotopic (exact) mass is 422 g/mol. The van der Waals surface area contributed by atoms with Crippen molar-refractivity contribution in [1.82, 2.24) is 19.5 Å². The minimum atomic E-state index is -3.59. The van der Waals surface area contributed by atoms with E-state index in [9.17, 15) is 8.42 Å². The topological polar surface area (TPSA) is 76.9 Å². The first-order valence-electron chi connectivity index (χ1n) is 5.68. The summed E-state index contributed by atoms with van der Waals surface area (Å²) in [4.78, 5) is 4.02. The van der Waals surface area contributed by atoms with Crippen LogP contribution in [0.5, 0.6) is 0 Å². The highest BCUT2D eigenvalue weighted by Gasteiger charge is 2.20. The van der Waals surface area contributed by atoms with Crippen LogP contribution in [0.25, 0.3) is 0 Å². The molecule has 0 aliphatic rings. The van der Waals surface area contributed by atoms with Crippen molar-refractivity contribution in [3.63, 3.8) is 0 Å². The molecule has 0 radical (unpaired) electrons. The van der Waals surface area contributed by atoms with Crippen LogP contribution in [-0.2, 0) is 16.6 Å². The third-order valence-corrected chi connectivity index (χ3v) is 5.53. The van der Waals surface area contributed by atoms with Gasteiger partial charge in [-0.15, -0.1) is 0 Å². The summed E-state index contributed by atoms with van der Waals surface area (Å²) in [7, 11) is -3.59. The van der Waals surface area contributed by atoms with E-state index in [0.717, 1.165) is 4.47 Å². The van der Waals surface area contributed by atoms with Crippen molar-refractivity contribution in [1.29, 1.82) is 0 Å². The number of benzene rings is 1. The molecule has 0 spiro atoms. The Hall–Kier alpha value is -0.770. The lowest BCUT2D eigenvalue weighted by molar-refractivity contribution is 0.493. The molecule has 1 atom stereocenters. The minimum absolute atomic E-state index is 0.200. The van der Waals surface area contributed by atoms with Crippen molar-refractivity contribution in [2.75, 3.05) is 0 Å². The molecule has 0 bridgehead atoms. The summed E-state index contributed by atoms with van der Waals surface area (Å²) in [5.41, 5.74) is 0. The van der Waals surface area contributed by atoms with Crippen LogP contribution in [0.4, 0.5) is 0 Å². The molecule has 1 aromatic heterocycles. The van der Waals surface area contributed by atoms with Gasteiger partial charge in [-0.1, -0.05) is 15.9 Å². The zero-order chi connectivity index (χ0) is 14.8. The van der Waals surface area contributed by atoms with Crippen LogP contribution in [0, 0.1) is 0 Å². The number of nitrogens with one attached hydrogen (secondary N) is 1. The van der Waals surface area contributed by atoms with Gasteiger partial charge in [-0.3, -0.25) is 4.68 Å². The number of hydrogen-bond donors (Lipinski definition) is 1. The predicted molar refractivity (Wildman–Crippen MR) is 81.6 cm³/mol. The lowest BCUT2D eigenvalue weighted by atomic mass is 10.4. The zero-order valence-electron chi connectivity index (χ0n) is 10.5. The smallest absolute Gasteiger partial charge is 0.241 e. The first-order chi connectivity index (χ1) is 9.38. The van der Waals surface area contributed by atoms with Crippen LogP contribution in [0.1, 0.15) is 6.92 Å². The summed E-state index contributed by atoms with van der Waals surface area (Å²) in [5.74, 6) is 0. The molecule has 1 aromatic carbocycles. The fourth-order valence-electron chi connectivity index (χ4n) is 1.67. The van der Waals surface area contributed by atoms with Gasteiger partial charge in [0.25, 0.3) is 0 Å². The Labute approximate surface area is 133 Å². The minimum Gasteiger partial charge on any atom is -0.251 e. The summed E-state index contributed by atoms with van der Waals surface area (Å²) < 4.78 is 30.1. The normalized spacial score (nSPS) is 13.3. The van der Waals surface area contributed by atoms with E-state index in [1.165, 1.54) is 6.33 Å². The highest BCUT2D eigenvalue weighted by atomic mass is 79.9. The number of aromatic nitrogens is 3. The highest BCUT2D eigenvalue weighted by Crippen LogP contribution is 2.25. The molecule has 0 fully saturated rings. The second-order valence-corrected chi connectivity index (χ2v) is 7.67. The van der Waals surface area contributed by atoms with E-state index in [4.69, 9.17) is 0 Å². The highest BCUT2D eigenvalue weighted by molar-refractivity contribution is 9.11. The Bertz CT molecular complexity index is 688. The Morgan fingerprint density at radius 1 is 1.40 bits per heavy atom. The Balaban J connectivity index is 2.14. The van der Waals surface area contributed by atoms with E-state index >= 15 is 0 Å². The molecule has 0 saturated heterocycles. The molecule has 2 rings (SSSR count). The van der Waals surface area contributed by atoms with E-state index in [0.29, 0.717) is 11.0 Å². The average Bonchev–Trinajstić information content (AvgIpc) is 2.79. The summed E-state index contributed by atoms with van der Waals surface area (Å²) in [6.07, 6.45) is 2.95. The molecule has 20 heavy (non-hydrogen) atoms. The van der Waals surface area contributed by atoms with Crippen LogP contribution < -0.4 is 4.72 Å². The maximum atomic E-state index is 12.3. The maximum absolute atomic E-state index is 12.3. The van der Waals surface area contributed by atoms with Gasteiger partial charge in [-0.25, -0.2) is 18.1 Å². The van der Waals surface area contributed by atoms with Crippen LogP contribution in [-0.4, -0.2) is 29.2 Å². The first-order valence-corrected chi connectivity index (χ1v) is 8.75. The Kier molecular flexibility index (Phi) is 4.95. The molecule has 1 N–H and O–H groups in total. The van der Waals surface area contributed by atoms with Crippen molar-refractivity contribution in [3.05, 3.63) is 39.8 Å². The van der Waals surface area contributed by atoms with E-state index in [1.54, 1.807) is 36.1 Å². The molecule has 9 heteroatoms. The summed E-state index contributed by atoms with van der Waals surface area (Å²) in [6, 6.07) is 4.61. The van der Waals surface area contributed by atoms with Crippen LogP contribution >= 0.6 is 31.9 Å². The zero-order valence-corrected chi connectivity index (χ0v) is 14.5. The number of nitrogens with zero attached hydrogens (tertiary/aromatic N) is 3. The Morgan fingerprint density at radius 2 is 2.15 bits per heavy atom. The standard InChI is InChI=1S/C11H12Br2N4O2S/c1-8(5-17-7-14-6-15-17)16-20(18,19)11-3-2-9(12)4-10(11)13/h2-4,6-8,16H,5H2,1H3. The summed E-state index contributed by atoms with van der Waals surface area (Å²) in [5, 5.41) is 3.94. The molecule has 6 nitrogen and oxygen atoms in total. The Morgan fingerprint density at radius 3 is 2.75 bits per heavy atom. The predicted octanol–water partition coefficient (Wildman–Crippen LogP) is 2.17. The largest absolute Gasteiger partial charge is 0.251 e. The fraction of sp³-hybridized carbons (Fsp3) is 0.273. The van der Waals surface area contributed by atoms with Gasteiger partial charge in [0.1, 0.15) is 12.7 Å². The second-order valence-electron chi connectivity index (χ2n) is 4.21. The molecular formula is C11H12Br2N4O2S. The molecule has 0 amide bonds. The molecule has 1 unspecified atom stereocenters. The van der Waals surface area contributed by atoms with Gasteiger partial charge in [-0.2, -0.15) is 5.10 Å². The van der Waals surface area contributed by atoms with Gasteiger partial charge in [-0.05, 0) is 41.1 Å². The molecule has 108 valence electrons. The summed E-state index contributed by atoms with van der Waals surface area (Å²) >= 11 is 6.55. The van der Waals surface area contributed by atoms with Crippen molar-refractivity contribution in [2.45, 2.75) is 24.4 Å². The van der Waals surface area contributed by atoms with Crippen molar-refractivity contribution in [3.8, 4) is 0 Å².